The standard InChI is InChI=1S/C14H20O2/c1-2-13(12-8-4-3-5-9-12)16-14-10-6-7-11-15-14/h3-5,8-9,13-14H,2,6-7,10-11H2,1H3. The summed E-state index contributed by atoms with van der Waals surface area (Å²) >= 11 is 0. The molecular weight excluding hydrogens is 200 g/mol. The third kappa shape index (κ3) is 3.06. The van der Waals surface area contributed by atoms with Crippen LogP contribution in [0.15, 0.2) is 30.3 Å². The molecule has 2 atom stereocenters. The lowest BCUT2D eigenvalue weighted by Gasteiger charge is -2.27. The van der Waals surface area contributed by atoms with Crippen molar-refractivity contribution in [2.45, 2.75) is 45.0 Å². The van der Waals surface area contributed by atoms with E-state index >= 15 is 0 Å². The van der Waals surface area contributed by atoms with Crippen molar-refractivity contribution in [1.29, 1.82) is 0 Å². The highest BCUT2D eigenvalue weighted by atomic mass is 16.7. The van der Waals surface area contributed by atoms with E-state index in [9.17, 15) is 0 Å². The first-order valence-electron chi connectivity index (χ1n) is 6.22. The zero-order valence-corrected chi connectivity index (χ0v) is 9.89. The molecule has 0 N–H and O–H groups in total. The molecule has 88 valence electrons. The molecule has 0 aromatic heterocycles. The predicted octanol–water partition coefficient (Wildman–Crippen LogP) is 3.68. The van der Waals surface area contributed by atoms with Crippen molar-refractivity contribution in [3.63, 3.8) is 0 Å². The van der Waals surface area contributed by atoms with Crippen molar-refractivity contribution in [3.8, 4) is 0 Å². The quantitative estimate of drug-likeness (QED) is 0.770. The SMILES string of the molecule is CCC(OC1CCCCO1)c1ccccc1. The summed E-state index contributed by atoms with van der Waals surface area (Å²) < 4.78 is 11.6. The third-order valence-electron chi connectivity index (χ3n) is 3.00. The molecule has 2 nitrogen and oxygen atoms in total. The largest absolute Gasteiger partial charge is 0.353 e. The molecule has 0 spiro atoms. The van der Waals surface area contributed by atoms with Crippen LogP contribution in [0.1, 0.15) is 44.3 Å². The van der Waals surface area contributed by atoms with Gasteiger partial charge in [-0.3, -0.25) is 0 Å². The maximum absolute atomic E-state index is 6.00. The maximum atomic E-state index is 6.00. The Morgan fingerprint density at radius 2 is 2.12 bits per heavy atom. The number of hydrogen-bond donors (Lipinski definition) is 0. The molecule has 0 amide bonds. The molecule has 1 saturated heterocycles. The van der Waals surface area contributed by atoms with Crippen LogP contribution in [0.3, 0.4) is 0 Å². The fraction of sp³-hybridized carbons (Fsp3) is 0.571. The van der Waals surface area contributed by atoms with Crippen LogP contribution in [0.25, 0.3) is 0 Å². The Kier molecular flexibility index (Phi) is 4.37. The van der Waals surface area contributed by atoms with E-state index in [4.69, 9.17) is 9.47 Å². The van der Waals surface area contributed by atoms with E-state index in [0.717, 1.165) is 19.4 Å². The second-order valence-electron chi connectivity index (χ2n) is 4.24. The van der Waals surface area contributed by atoms with Gasteiger partial charge in [-0.2, -0.15) is 0 Å². The van der Waals surface area contributed by atoms with Gasteiger partial charge in [0, 0.05) is 6.61 Å². The minimum atomic E-state index is -0.00101. The van der Waals surface area contributed by atoms with Crippen molar-refractivity contribution in [1.82, 2.24) is 0 Å². The number of benzene rings is 1. The minimum Gasteiger partial charge on any atom is -0.353 e. The third-order valence-corrected chi connectivity index (χ3v) is 3.00. The summed E-state index contributed by atoms with van der Waals surface area (Å²) in [5.41, 5.74) is 1.25. The number of ether oxygens (including phenoxy) is 2. The molecule has 1 aliphatic rings. The van der Waals surface area contributed by atoms with Gasteiger partial charge in [-0.25, -0.2) is 0 Å². The van der Waals surface area contributed by atoms with E-state index < -0.39 is 0 Å². The zero-order chi connectivity index (χ0) is 11.2. The highest BCUT2D eigenvalue weighted by molar-refractivity contribution is 5.17. The van der Waals surface area contributed by atoms with Crippen molar-refractivity contribution in [3.05, 3.63) is 35.9 Å². The fourth-order valence-corrected chi connectivity index (χ4v) is 2.08. The van der Waals surface area contributed by atoms with Crippen LogP contribution in [0.5, 0.6) is 0 Å². The van der Waals surface area contributed by atoms with Gasteiger partial charge in [-0.05, 0) is 31.2 Å². The van der Waals surface area contributed by atoms with Crippen molar-refractivity contribution >= 4 is 0 Å². The number of hydrogen-bond acceptors (Lipinski definition) is 2. The van der Waals surface area contributed by atoms with Gasteiger partial charge in [0.15, 0.2) is 6.29 Å². The van der Waals surface area contributed by atoms with Gasteiger partial charge in [0.2, 0.25) is 0 Å². The summed E-state index contributed by atoms with van der Waals surface area (Å²) in [7, 11) is 0. The lowest BCUT2D eigenvalue weighted by atomic mass is 10.1. The summed E-state index contributed by atoms with van der Waals surface area (Å²) in [5.74, 6) is 0. The monoisotopic (exact) mass is 220 g/mol. The van der Waals surface area contributed by atoms with E-state index in [2.05, 4.69) is 31.2 Å². The lowest BCUT2D eigenvalue weighted by Crippen LogP contribution is -2.24. The molecular formula is C14H20O2. The fourth-order valence-electron chi connectivity index (χ4n) is 2.08. The molecule has 2 heteroatoms. The van der Waals surface area contributed by atoms with Crippen LogP contribution in [0.4, 0.5) is 0 Å². The lowest BCUT2D eigenvalue weighted by molar-refractivity contribution is -0.190. The average Bonchev–Trinajstić information content (AvgIpc) is 2.38. The maximum Gasteiger partial charge on any atom is 0.158 e. The van der Waals surface area contributed by atoms with Gasteiger partial charge in [0.1, 0.15) is 0 Å². The summed E-state index contributed by atoms with van der Waals surface area (Å²) in [4.78, 5) is 0. The van der Waals surface area contributed by atoms with Gasteiger partial charge in [-0.1, -0.05) is 37.3 Å². The molecule has 1 aliphatic heterocycles. The van der Waals surface area contributed by atoms with E-state index in [1.54, 1.807) is 0 Å². The van der Waals surface area contributed by atoms with Crippen LogP contribution in [0, 0.1) is 0 Å². The topological polar surface area (TPSA) is 18.5 Å². The molecule has 2 unspecified atom stereocenters. The second-order valence-corrected chi connectivity index (χ2v) is 4.24. The van der Waals surface area contributed by atoms with E-state index in [-0.39, 0.29) is 12.4 Å². The van der Waals surface area contributed by atoms with Crippen LogP contribution < -0.4 is 0 Å². The van der Waals surface area contributed by atoms with Gasteiger partial charge >= 0.3 is 0 Å². The second kappa shape index (κ2) is 6.02. The first kappa shape index (κ1) is 11.6. The van der Waals surface area contributed by atoms with E-state index in [0.29, 0.717) is 0 Å². The van der Waals surface area contributed by atoms with Crippen LogP contribution in [-0.2, 0) is 9.47 Å². The predicted molar refractivity (Wildman–Crippen MR) is 64.2 cm³/mol. The highest BCUT2D eigenvalue weighted by Gasteiger charge is 2.19. The molecule has 1 aromatic rings. The Morgan fingerprint density at radius 3 is 2.75 bits per heavy atom. The van der Waals surface area contributed by atoms with Gasteiger partial charge < -0.3 is 9.47 Å². The summed E-state index contributed by atoms with van der Waals surface area (Å²) in [6.45, 7) is 3.00. The Hall–Kier alpha value is -0.860. The Labute approximate surface area is 97.6 Å². The molecule has 1 heterocycles. The summed E-state index contributed by atoms with van der Waals surface area (Å²) in [6.07, 6.45) is 4.58. The normalized spacial score (nSPS) is 22.9. The van der Waals surface area contributed by atoms with E-state index in [1.165, 1.54) is 18.4 Å². The smallest absolute Gasteiger partial charge is 0.158 e. The Balaban J connectivity index is 1.94. The van der Waals surface area contributed by atoms with Crippen LogP contribution in [-0.4, -0.2) is 12.9 Å². The Morgan fingerprint density at radius 1 is 1.31 bits per heavy atom. The van der Waals surface area contributed by atoms with Gasteiger partial charge in [0.05, 0.1) is 6.10 Å². The highest BCUT2D eigenvalue weighted by Crippen LogP contribution is 2.25. The molecule has 0 saturated carbocycles. The van der Waals surface area contributed by atoms with Crippen LogP contribution >= 0.6 is 0 Å². The average molecular weight is 220 g/mol. The Bertz CT molecular complexity index is 291. The molecule has 16 heavy (non-hydrogen) atoms. The van der Waals surface area contributed by atoms with Crippen molar-refractivity contribution in [2.75, 3.05) is 6.61 Å². The van der Waals surface area contributed by atoms with Gasteiger partial charge in [-0.15, -0.1) is 0 Å². The van der Waals surface area contributed by atoms with Gasteiger partial charge in [0.25, 0.3) is 0 Å². The first-order valence-corrected chi connectivity index (χ1v) is 6.22. The molecule has 2 rings (SSSR count). The van der Waals surface area contributed by atoms with E-state index in [1.807, 2.05) is 6.07 Å². The molecule has 1 fully saturated rings. The number of rotatable bonds is 4. The first-order chi connectivity index (χ1) is 7.90. The summed E-state index contributed by atoms with van der Waals surface area (Å²) in [6, 6.07) is 10.4. The molecule has 1 aromatic carbocycles. The molecule has 0 radical (unpaired) electrons. The van der Waals surface area contributed by atoms with Crippen molar-refractivity contribution in [2.24, 2.45) is 0 Å². The molecule has 0 bridgehead atoms. The minimum absolute atomic E-state index is 0.00101. The molecule has 0 aliphatic carbocycles. The zero-order valence-electron chi connectivity index (χ0n) is 9.89. The van der Waals surface area contributed by atoms with Crippen molar-refractivity contribution < 1.29 is 9.47 Å². The summed E-state index contributed by atoms with van der Waals surface area (Å²) in [5, 5.41) is 0. The van der Waals surface area contributed by atoms with Crippen LogP contribution in [0.2, 0.25) is 0 Å².